The molecule has 9 heteroatoms. The van der Waals surface area contributed by atoms with Gasteiger partial charge in [0.05, 0.1) is 30.6 Å². The van der Waals surface area contributed by atoms with Crippen LogP contribution in [-0.4, -0.2) is 62.6 Å². The van der Waals surface area contributed by atoms with Gasteiger partial charge in [-0.1, -0.05) is 0 Å². The Morgan fingerprint density at radius 1 is 1.33 bits per heavy atom. The number of aromatic nitrogens is 5. The highest BCUT2D eigenvalue weighted by atomic mass is 16.5. The third-order valence-corrected chi connectivity index (χ3v) is 5.21. The fourth-order valence-corrected chi connectivity index (χ4v) is 3.59. The van der Waals surface area contributed by atoms with E-state index in [-0.39, 0.29) is 18.9 Å². The van der Waals surface area contributed by atoms with Crippen LogP contribution >= 0.6 is 0 Å². The van der Waals surface area contributed by atoms with Crippen molar-refractivity contribution in [2.45, 2.75) is 51.4 Å². The first kappa shape index (κ1) is 20.8. The lowest BCUT2D eigenvalue weighted by atomic mass is 10.1. The van der Waals surface area contributed by atoms with Crippen molar-refractivity contribution < 1.29 is 19.3 Å². The minimum absolute atomic E-state index is 0.0434. The standard InChI is InChI=1S/C21H29N5O4/c1-15(6-10-28-8-4-7-27)30-19-11-17-18(14-22-19)26(20-5-2-3-9-29-20)25-21(17)16-12-23-24-13-16/h11-15,20,27H,2-10H2,1H3,(H,23,24). The highest BCUT2D eigenvalue weighted by Crippen LogP contribution is 2.33. The molecule has 0 bridgehead atoms. The highest BCUT2D eigenvalue weighted by molar-refractivity contribution is 5.93. The van der Waals surface area contributed by atoms with Gasteiger partial charge in [-0.3, -0.25) is 5.10 Å². The summed E-state index contributed by atoms with van der Waals surface area (Å²) in [7, 11) is 0. The van der Waals surface area contributed by atoms with E-state index in [0.717, 1.165) is 54.5 Å². The van der Waals surface area contributed by atoms with Crippen molar-refractivity contribution in [3.8, 4) is 17.1 Å². The van der Waals surface area contributed by atoms with Crippen molar-refractivity contribution in [1.29, 1.82) is 0 Å². The molecule has 2 unspecified atom stereocenters. The Morgan fingerprint density at radius 2 is 2.27 bits per heavy atom. The molecular formula is C21H29N5O4. The average Bonchev–Trinajstić information content (AvgIpc) is 3.42. The zero-order valence-corrected chi connectivity index (χ0v) is 17.3. The molecule has 1 fully saturated rings. The van der Waals surface area contributed by atoms with Crippen LogP contribution in [0, 0.1) is 0 Å². The fraction of sp³-hybridized carbons (Fsp3) is 0.571. The van der Waals surface area contributed by atoms with E-state index >= 15 is 0 Å². The first-order chi connectivity index (χ1) is 14.8. The lowest BCUT2D eigenvalue weighted by Gasteiger charge is -2.23. The summed E-state index contributed by atoms with van der Waals surface area (Å²) >= 11 is 0. The van der Waals surface area contributed by atoms with Gasteiger partial charge in [0.25, 0.3) is 0 Å². The number of nitrogens with zero attached hydrogens (tertiary/aromatic N) is 4. The minimum Gasteiger partial charge on any atom is -0.475 e. The molecule has 0 saturated carbocycles. The van der Waals surface area contributed by atoms with Gasteiger partial charge in [0.15, 0.2) is 6.23 Å². The Kier molecular flexibility index (Phi) is 6.93. The van der Waals surface area contributed by atoms with Crippen LogP contribution in [0.2, 0.25) is 0 Å². The van der Waals surface area contributed by atoms with Gasteiger partial charge in [0.1, 0.15) is 5.69 Å². The van der Waals surface area contributed by atoms with Crippen LogP contribution < -0.4 is 4.74 Å². The number of aromatic amines is 1. The van der Waals surface area contributed by atoms with Crippen LogP contribution in [-0.2, 0) is 9.47 Å². The molecule has 9 nitrogen and oxygen atoms in total. The molecule has 30 heavy (non-hydrogen) atoms. The van der Waals surface area contributed by atoms with Crippen molar-refractivity contribution >= 4 is 10.9 Å². The van der Waals surface area contributed by atoms with Gasteiger partial charge < -0.3 is 19.3 Å². The van der Waals surface area contributed by atoms with E-state index in [4.69, 9.17) is 24.4 Å². The quantitative estimate of drug-likeness (QED) is 0.490. The van der Waals surface area contributed by atoms with Gasteiger partial charge >= 0.3 is 0 Å². The first-order valence-corrected chi connectivity index (χ1v) is 10.6. The van der Waals surface area contributed by atoms with Crippen molar-refractivity contribution in [2.75, 3.05) is 26.4 Å². The lowest BCUT2D eigenvalue weighted by molar-refractivity contribution is -0.0365. The van der Waals surface area contributed by atoms with E-state index in [2.05, 4.69) is 15.2 Å². The summed E-state index contributed by atoms with van der Waals surface area (Å²) in [4.78, 5) is 4.52. The summed E-state index contributed by atoms with van der Waals surface area (Å²) in [6.45, 7) is 4.04. The molecule has 3 aromatic heterocycles. The maximum Gasteiger partial charge on any atom is 0.214 e. The number of hydrogen-bond donors (Lipinski definition) is 2. The molecule has 0 amide bonds. The number of nitrogens with one attached hydrogen (secondary N) is 1. The van der Waals surface area contributed by atoms with Gasteiger partial charge in [-0.25, -0.2) is 9.67 Å². The molecule has 1 aliphatic heterocycles. The number of hydrogen-bond acceptors (Lipinski definition) is 7. The number of fused-ring (bicyclic) bond motifs is 1. The number of rotatable bonds is 10. The zero-order chi connectivity index (χ0) is 20.8. The van der Waals surface area contributed by atoms with Crippen molar-refractivity contribution in [2.24, 2.45) is 0 Å². The maximum atomic E-state index is 8.80. The predicted molar refractivity (Wildman–Crippen MR) is 111 cm³/mol. The van der Waals surface area contributed by atoms with Crippen LogP contribution in [0.4, 0.5) is 0 Å². The van der Waals surface area contributed by atoms with Gasteiger partial charge in [0.2, 0.25) is 5.88 Å². The first-order valence-electron chi connectivity index (χ1n) is 10.6. The summed E-state index contributed by atoms with van der Waals surface area (Å²) < 4.78 is 19.4. The molecule has 2 N–H and O–H groups in total. The Bertz CT molecular complexity index is 921. The topological polar surface area (TPSA) is 107 Å². The molecule has 0 radical (unpaired) electrons. The number of pyridine rings is 1. The molecule has 0 spiro atoms. The molecule has 3 aromatic rings. The van der Waals surface area contributed by atoms with Crippen molar-refractivity contribution in [1.82, 2.24) is 25.0 Å². The lowest BCUT2D eigenvalue weighted by Crippen LogP contribution is -2.19. The van der Waals surface area contributed by atoms with E-state index in [1.165, 1.54) is 0 Å². The number of H-pyrrole nitrogens is 1. The van der Waals surface area contributed by atoms with Gasteiger partial charge in [-0.15, -0.1) is 0 Å². The second-order valence-corrected chi connectivity index (χ2v) is 7.55. The Morgan fingerprint density at radius 3 is 3.03 bits per heavy atom. The number of ether oxygens (including phenoxy) is 3. The summed E-state index contributed by atoms with van der Waals surface area (Å²) in [6.07, 6.45) is 9.83. The Hall–Kier alpha value is -2.49. The largest absolute Gasteiger partial charge is 0.475 e. The molecule has 0 aromatic carbocycles. The molecule has 1 saturated heterocycles. The van der Waals surface area contributed by atoms with Crippen LogP contribution in [0.25, 0.3) is 22.2 Å². The van der Waals surface area contributed by atoms with Gasteiger partial charge in [-0.2, -0.15) is 10.2 Å². The third kappa shape index (κ3) is 4.80. The van der Waals surface area contributed by atoms with Crippen LogP contribution in [0.3, 0.4) is 0 Å². The van der Waals surface area contributed by atoms with E-state index in [0.29, 0.717) is 25.5 Å². The number of aliphatic hydroxyl groups is 1. The molecule has 0 aliphatic carbocycles. The monoisotopic (exact) mass is 415 g/mol. The third-order valence-electron chi connectivity index (χ3n) is 5.21. The normalized spacial score (nSPS) is 18.0. The predicted octanol–water partition coefficient (Wildman–Crippen LogP) is 3.08. The SMILES string of the molecule is CC(CCOCCCO)Oc1cc2c(-c3cn[nH]c3)nn(C3CCCCO3)c2cn1. The smallest absolute Gasteiger partial charge is 0.214 e. The van der Waals surface area contributed by atoms with E-state index in [1.807, 2.05) is 30.1 Å². The molecular weight excluding hydrogens is 386 g/mol. The van der Waals surface area contributed by atoms with Crippen LogP contribution in [0.5, 0.6) is 5.88 Å². The second kappa shape index (κ2) is 10.0. The summed E-state index contributed by atoms with van der Waals surface area (Å²) in [5.41, 5.74) is 2.67. The van der Waals surface area contributed by atoms with Crippen molar-refractivity contribution in [3.05, 3.63) is 24.7 Å². The molecule has 162 valence electrons. The summed E-state index contributed by atoms with van der Waals surface area (Å²) in [6, 6.07) is 1.94. The molecule has 2 atom stereocenters. The average molecular weight is 415 g/mol. The Labute approximate surface area is 175 Å². The highest BCUT2D eigenvalue weighted by Gasteiger charge is 2.23. The zero-order valence-electron chi connectivity index (χ0n) is 17.3. The van der Waals surface area contributed by atoms with E-state index in [9.17, 15) is 0 Å². The van der Waals surface area contributed by atoms with Crippen molar-refractivity contribution in [3.63, 3.8) is 0 Å². The summed E-state index contributed by atoms with van der Waals surface area (Å²) in [5.74, 6) is 0.555. The number of aliphatic hydroxyl groups excluding tert-OH is 1. The van der Waals surface area contributed by atoms with E-state index < -0.39 is 0 Å². The maximum absolute atomic E-state index is 8.80. The van der Waals surface area contributed by atoms with Gasteiger partial charge in [-0.05, 0) is 32.6 Å². The molecule has 1 aliphatic rings. The molecule has 4 rings (SSSR count). The summed E-state index contributed by atoms with van der Waals surface area (Å²) in [5, 5.41) is 21.5. The van der Waals surface area contributed by atoms with Crippen LogP contribution in [0.15, 0.2) is 24.7 Å². The fourth-order valence-electron chi connectivity index (χ4n) is 3.59. The van der Waals surface area contributed by atoms with Gasteiger partial charge in [0, 0.05) is 49.5 Å². The second-order valence-electron chi connectivity index (χ2n) is 7.55. The molecule has 4 heterocycles. The minimum atomic E-state index is -0.0783. The Balaban J connectivity index is 1.54. The van der Waals surface area contributed by atoms with E-state index in [1.54, 1.807) is 6.20 Å². The van der Waals surface area contributed by atoms with Crippen LogP contribution in [0.1, 0.15) is 45.3 Å².